The molecule has 3 nitrogen and oxygen atoms in total. The van der Waals surface area contributed by atoms with Crippen LogP contribution in [0.2, 0.25) is 0 Å². The fourth-order valence-corrected chi connectivity index (χ4v) is 3.10. The molecular formula is C13H9BrF3NO2S. The minimum absolute atomic E-state index is 0.0495. The summed E-state index contributed by atoms with van der Waals surface area (Å²) in [6, 6.07) is 5.06. The Morgan fingerprint density at radius 3 is 2.57 bits per heavy atom. The van der Waals surface area contributed by atoms with Crippen molar-refractivity contribution in [2.45, 2.75) is 6.18 Å². The normalized spacial score (nSPS) is 11.3. The molecule has 0 radical (unpaired) electrons. The van der Waals surface area contributed by atoms with Gasteiger partial charge in [-0.05, 0) is 45.6 Å². The minimum atomic E-state index is -4.56. The molecule has 0 unspecified atom stereocenters. The number of thiophene rings is 1. The first kappa shape index (κ1) is 15.8. The van der Waals surface area contributed by atoms with E-state index in [2.05, 4.69) is 26.0 Å². The first-order chi connectivity index (χ1) is 9.82. The second-order valence-corrected chi connectivity index (χ2v) is 5.74. The summed E-state index contributed by atoms with van der Waals surface area (Å²) in [5.74, 6) is -0.770. The molecule has 1 N–H and O–H groups in total. The summed E-state index contributed by atoms with van der Waals surface area (Å²) in [7, 11) is 1.16. The van der Waals surface area contributed by atoms with Crippen molar-refractivity contribution in [1.29, 1.82) is 0 Å². The van der Waals surface area contributed by atoms with Crippen LogP contribution in [0.4, 0.5) is 18.9 Å². The molecule has 2 aromatic rings. The average molecular weight is 380 g/mol. The number of hydrogen-bond donors (Lipinski definition) is 1. The fraction of sp³-hybridized carbons (Fsp3) is 0.154. The van der Waals surface area contributed by atoms with Gasteiger partial charge in [0, 0.05) is 10.2 Å². The summed E-state index contributed by atoms with van der Waals surface area (Å²) in [6.45, 7) is 0. The molecule has 1 aromatic carbocycles. The van der Waals surface area contributed by atoms with Gasteiger partial charge in [0.25, 0.3) is 5.91 Å². The topological polar surface area (TPSA) is 38.3 Å². The van der Waals surface area contributed by atoms with Crippen LogP contribution >= 0.6 is 27.3 Å². The summed E-state index contributed by atoms with van der Waals surface area (Å²) >= 11 is 4.39. The molecule has 1 aromatic heterocycles. The monoisotopic (exact) mass is 379 g/mol. The highest BCUT2D eigenvalue weighted by atomic mass is 79.9. The quantitative estimate of drug-likeness (QED) is 0.832. The van der Waals surface area contributed by atoms with Crippen molar-refractivity contribution in [2.75, 3.05) is 12.4 Å². The van der Waals surface area contributed by atoms with Gasteiger partial charge >= 0.3 is 6.18 Å². The third kappa shape index (κ3) is 3.56. The van der Waals surface area contributed by atoms with Crippen molar-refractivity contribution >= 4 is 38.9 Å². The van der Waals surface area contributed by atoms with Gasteiger partial charge in [-0.15, -0.1) is 11.3 Å². The number of benzene rings is 1. The molecule has 8 heteroatoms. The molecule has 21 heavy (non-hydrogen) atoms. The van der Waals surface area contributed by atoms with Crippen molar-refractivity contribution in [3.8, 4) is 5.75 Å². The molecule has 0 saturated heterocycles. The molecule has 112 valence electrons. The Morgan fingerprint density at radius 1 is 1.33 bits per heavy atom. The summed E-state index contributed by atoms with van der Waals surface area (Å²) in [4.78, 5) is 12.4. The van der Waals surface area contributed by atoms with Crippen LogP contribution in [0.25, 0.3) is 0 Å². The lowest BCUT2D eigenvalue weighted by Crippen LogP contribution is -2.13. The lowest BCUT2D eigenvalue weighted by atomic mass is 10.1. The van der Waals surface area contributed by atoms with Crippen LogP contribution in [0.5, 0.6) is 5.75 Å². The Balaban J connectivity index is 2.30. The van der Waals surface area contributed by atoms with Gasteiger partial charge < -0.3 is 10.1 Å². The first-order valence-electron chi connectivity index (χ1n) is 5.62. The highest BCUT2D eigenvalue weighted by Gasteiger charge is 2.34. The molecule has 1 amide bonds. The average Bonchev–Trinajstić information content (AvgIpc) is 2.84. The number of methoxy groups -OCH3 is 1. The van der Waals surface area contributed by atoms with E-state index in [-0.39, 0.29) is 11.4 Å². The maximum Gasteiger partial charge on any atom is 0.420 e. The number of anilines is 1. The number of ether oxygens (including phenoxy) is 1. The smallest absolute Gasteiger partial charge is 0.420 e. The zero-order valence-corrected chi connectivity index (χ0v) is 13.0. The Hall–Kier alpha value is -1.54. The van der Waals surface area contributed by atoms with Crippen LogP contribution in [0, 0.1) is 0 Å². The third-order valence-corrected chi connectivity index (χ3v) is 4.42. The van der Waals surface area contributed by atoms with E-state index >= 15 is 0 Å². The summed E-state index contributed by atoms with van der Waals surface area (Å²) in [6.07, 6.45) is -4.56. The van der Waals surface area contributed by atoms with E-state index in [4.69, 9.17) is 0 Å². The standard InChI is InChI=1S/C13H9BrF3NO2S/c1-20-10-3-2-7(6-8(10)13(15,16)17)18-12(19)11-9(14)4-5-21-11/h2-6H,1H3,(H,18,19). The summed E-state index contributed by atoms with van der Waals surface area (Å²) in [5.41, 5.74) is -0.888. The van der Waals surface area contributed by atoms with Gasteiger partial charge in [0.1, 0.15) is 10.6 Å². The van der Waals surface area contributed by atoms with Gasteiger partial charge in [0.05, 0.1) is 12.7 Å². The number of rotatable bonds is 3. The van der Waals surface area contributed by atoms with E-state index in [1.807, 2.05) is 0 Å². The number of nitrogens with one attached hydrogen (secondary N) is 1. The fourth-order valence-electron chi connectivity index (χ4n) is 1.65. The highest BCUT2D eigenvalue weighted by molar-refractivity contribution is 9.10. The number of alkyl halides is 3. The van der Waals surface area contributed by atoms with Crippen LogP contribution < -0.4 is 10.1 Å². The molecule has 0 fully saturated rings. The number of halogens is 4. The van der Waals surface area contributed by atoms with Crippen molar-refractivity contribution in [3.05, 3.63) is 44.6 Å². The molecule has 0 aliphatic heterocycles. The first-order valence-corrected chi connectivity index (χ1v) is 7.29. The molecule has 0 atom stereocenters. The zero-order chi connectivity index (χ0) is 15.6. The second-order valence-electron chi connectivity index (χ2n) is 3.96. The van der Waals surface area contributed by atoms with E-state index in [0.29, 0.717) is 9.35 Å². The maximum atomic E-state index is 12.9. The van der Waals surface area contributed by atoms with Crippen LogP contribution in [0.15, 0.2) is 34.1 Å². The Bertz CT molecular complexity index is 670. The van der Waals surface area contributed by atoms with Crippen LogP contribution in [0.1, 0.15) is 15.2 Å². The van der Waals surface area contributed by atoms with Gasteiger partial charge in [-0.25, -0.2) is 0 Å². The van der Waals surface area contributed by atoms with Crippen molar-refractivity contribution < 1.29 is 22.7 Å². The Morgan fingerprint density at radius 2 is 2.05 bits per heavy atom. The van der Waals surface area contributed by atoms with Crippen molar-refractivity contribution in [1.82, 2.24) is 0 Å². The van der Waals surface area contributed by atoms with Crippen molar-refractivity contribution in [2.24, 2.45) is 0 Å². The van der Waals surface area contributed by atoms with Crippen LogP contribution in [0.3, 0.4) is 0 Å². The van der Waals surface area contributed by atoms with E-state index in [1.54, 1.807) is 11.4 Å². The van der Waals surface area contributed by atoms with Gasteiger partial charge in [-0.3, -0.25) is 4.79 Å². The molecule has 0 aliphatic carbocycles. The number of amides is 1. The second kappa shape index (κ2) is 6.07. The molecular weight excluding hydrogens is 371 g/mol. The number of carbonyl (C=O) groups excluding carboxylic acids is 1. The largest absolute Gasteiger partial charge is 0.496 e. The predicted octanol–water partition coefficient (Wildman–Crippen LogP) is 4.79. The SMILES string of the molecule is COc1ccc(NC(=O)c2sccc2Br)cc1C(F)(F)F. The zero-order valence-electron chi connectivity index (χ0n) is 10.6. The highest BCUT2D eigenvalue weighted by Crippen LogP contribution is 2.37. The molecule has 0 aliphatic rings. The Labute approximate surface area is 130 Å². The summed E-state index contributed by atoms with van der Waals surface area (Å²) < 4.78 is 44.0. The number of hydrogen-bond acceptors (Lipinski definition) is 3. The molecule has 2 rings (SSSR count). The van der Waals surface area contributed by atoms with Gasteiger partial charge in [-0.1, -0.05) is 0 Å². The maximum absolute atomic E-state index is 12.9. The van der Waals surface area contributed by atoms with E-state index in [0.717, 1.165) is 13.2 Å². The van der Waals surface area contributed by atoms with Gasteiger partial charge in [-0.2, -0.15) is 13.2 Å². The minimum Gasteiger partial charge on any atom is -0.496 e. The van der Waals surface area contributed by atoms with E-state index < -0.39 is 17.6 Å². The molecule has 0 spiro atoms. The van der Waals surface area contributed by atoms with Crippen LogP contribution in [-0.2, 0) is 6.18 Å². The third-order valence-electron chi connectivity index (χ3n) is 2.59. The molecule has 0 saturated carbocycles. The number of carbonyl (C=O) groups is 1. The Kier molecular flexibility index (Phi) is 4.58. The van der Waals surface area contributed by atoms with Gasteiger partial charge in [0.2, 0.25) is 0 Å². The lowest BCUT2D eigenvalue weighted by molar-refractivity contribution is -0.138. The van der Waals surface area contributed by atoms with Crippen LogP contribution in [-0.4, -0.2) is 13.0 Å². The lowest BCUT2D eigenvalue weighted by Gasteiger charge is -2.13. The van der Waals surface area contributed by atoms with Gasteiger partial charge in [0.15, 0.2) is 0 Å². The van der Waals surface area contributed by atoms with E-state index in [1.165, 1.54) is 23.5 Å². The molecule has 0 bridgehead atoms. The predicted molar refractivity (Wildman–Crippen MR) is 78.0 cm³/mol. The summed E-state index contributed by atoms with van der Waals surface area (Å²) in [5, 5.41) is 4.14. The van der Waals surface area contributed by atoms with E-state index in [9.17, 15) is 18.0 Å². The molecule has 1 heterocycles. The van der Waals surface area contributed by atoms with Crippen molar-refractivity contribution in [3.63, 3.8) is 0 Å².